The maximum absolute atomic E-state index is 11.7. The Morgan fingerprint density at radius 3 is 2.86 bits per heavy atom. The van der Waals surface area contributed by atoms with Gasteiger partial charge in [-0.05, 0) is 17.7 Å². The molecule has 1 atom stereocenters. The maximum atomic E-state index is 11.7. The van der Waals surface area contributed by atoms with Crippen LogP contribution in [0.4, 0.5) is 0 Å². The van der Waals surface area contributed by atoms with Crippen LogP contribution in [0.5, 0.6) is 0 Å². The molecule has 0 spiro atoms. The zero-order valence-corrected chi connectivity index (χ0v) is 10.3. The lowest BCUT2D eigenvalue weighted by Crippen LogP contribution is -2.31. The Morgan fingerprint density at radius 2 is 2.43 bits per heavy atom. The fraction of sp³-hybridized carbons (Fsp3) is 0.444. The highest BCUT2D eigenvalue weighted by atomic mass is 79.9. The average Bonchev–Trinajstić information content (AvgIpc) is 2.48. The third-order valence-electron chi connectivity index (χ3n) is 1.72. The van der Waals surface area contributed by atoms with Gasteiger partial charge in [-0.15, -0.1) is 0 Å². The summed E-state index contributed by atoms with van der Waals surface area (Å²) in [6.45, 7) is 2.60. The molecule has 0 aliphatic heterocycles. The highest BCUT2D eigenvalue weighted by Crippen LogP contribution is 2.18. The van der Waals surface area contributed by atoms with Crippen molar-refractivity contribution in [3.63, 3.8) is 0 Å². The minimum absolute atomic E-state index is 0.130. The topological polar surface area (TPSA) is 33.5 Å². The number of carbonyl (C=O) groups is 1. The Hall–Kier alpha value is -0.480. The van der Waals surface area contributed by atoms with Gasteiger partial charge in [0.15, 0.2) is 0 Å². The van der Waals surface area contributed by atoms with E-state index in [1.807, 2.05) is 6.92 Å². The first-order valence-electron chi connectivity index (χ1n) is 4.15. The van der Waals surface area contributed by atoms with Gasteiger partial charge in [0, 0.05) is 18.4 Å². The summed E-state index contributed by atoms with van der Waals surface area (Å²) in [5.74, 6) is -0.130. The van der Waals surface area contributed by atoms with Crippen LogP contribution < -0.4 is 0 Å². The monoisotopic (exact) mass is 279 g/mol. The zero-order valence-electron chi connectivity index (χ0n) is 7.96. The lowest BCUT2D eigenvalue weighted by Gasteiger charge is -2.17. The average molecular weight is 281 g/mol. The molecule has 1 amide bonds. The first-order chi connectivity index (χ1) is 6.52. The van der Waals surface area contributed by atoms with Crippen molar-refractivity contribution in [2.45, 2.75) is 11.8 Å². The molecule has 0 saturated heterocycles. The van der Waals surface area contributed by atoms with Crippen LogP contribution >= 0.6 is 27.5 Å². The van der Waals surface area contributed by atoms with Crippen molar-refractivity contribution >= 4 is 33.4 Å². The fourth-order valence-electron chi connectivity index (χ4n) is 1.11. The Bertz CT molecular complexity index is 324. The summed E-state index contributed by atoms with van der Waals surface area (Å²) in [5.41, 5.74) is 0.405. The second-order valence-corrected chi connectivity index (χ2v) is 4.98. The van der Waals surface area contributed by atoms with Gasteiger partial charge in [-0.1, -0.05) is 22.9 Å². The molecule has 1 unspecified atom stereocenters. The first kappa shape index (κ1) is 11.6. The number of nitrogens with zero attached hydrogens (tertiary/aromatic N) is 1. The molecule has 1 heterocycles. The first-order valence-corrected chi connectivity index (χ1v) is 5.44. The number of rotatable bonds is 3. The van der Waals surface area contributed by atoms with Gasteiger partial charge in [0.05, 0.1) is 11.8 Å². The van der Waals surface area contributed by atoms with Crippen LogP contribution in [0.25, 0.3) is 0 Å². The predicted octanol–water partition coefficient (Wildman–Crippen LogP) is 2.79. The number of halogens is 2. The second kappa shape index (κ2) is 4.84. The quantitative estimate of drug-likeness (QED) is 0.798. The van der Waals surface area contributed by atoms with Gasteiger partial charge in [0.25, 0.3) is 5.91 Å². The fourth-order valence-corrected chi connectivity index (χ4v) is 1.74. The van der Waals surface area contributed by atoms with Gasteiger partial charge in [-0.3, -0.25) is 4.79 Å². The highest BCUT2D eigenvalue weighted by Gasteiger charge is 2.17. The van der Waals surface area contributed by atoms with Crippen LogP contribution in [0, 0.1) is 0 Å². The number of carbonyl (C=O) groups excluding carboxylic acids is 1. The summed E-state index contributed by atoms with van der Waals surface area (Å²) in [6, 6.07) is 1.57. The van der Waals surface area contributed by atoms with E-state index in [1.54, 1.807) is 18.0 Å². The van der Waals surface area contributed by atoms with Crippen molar-refractivity contribution < 1.29 is 9.21 Å². The lowest BCUT2D eigenvalue weighted by atomic mass is 10.3. The summed E-state index contributed by atoms with van der Waals surface area (Å²) in [4.78, 5) is 13.6. The standard InChI is InChI=1S/C9H11BrClNO2/c1-6(10)5-12(2)9(13)7-3-4-14-8(7)11/h3-4,6H,5H2,1-2H3. The van der Waals surface area contributed by atoms with Crippen molar-refractivity contribution in [1.82, 2.24) is 4.90 Å². The van der Waals surface area contributed by atoms with Gasteiger partial charge in [0.2, 0.25) is 5.22 Å². The number of amides is 1. The smallest absolute Gasteiger partial charge is 0.258 e. The molecule has 78 valence electrons. The molecule has 0 saturated carbocycles. The number of hydrogen-bond acceptors (Lipinski definition) is 2. The molecule has 14 heavy (non-hydrogen) atoms. The second-order valence-electron chi connectivity index (χ2n) is 3.07. The van der Waals surface area contributed by atoms with Crippen LogP contribution in [0.3, 0.4) is 0 Å². The van der Waals surface area contributed by atoms with Gasteiger partial charge < -0.3 is 9.32 Å². The molecule has 5 heteroatoms. The largest absolute Gasteiger partial charge is 0.452 e. The summed E-state index contributed by atoms with van der Waals surface area (Å²) < 4.78 is 4.85. The molecule has 1 aromatic heterocycles. The van der Waals surface area contributed by atoms with E-state index < -0.39 is 0 Å². The van der Waals surface area contributed by atoms with Crippen LogP contribution in [-0.2, 0) is 0 Å². The third-order valence-corrected chi connectivity index (χ3v) is 2.30. The number of furan rings is 1. The molecule has 0 aliphatic rings. The van der Waals surface area contributed by atoms with Crippen LogP contribution in [0.1, 0.15) is 17.3 Å². The van der Waals surface area contributed by atoms with Gasteiger partial charge in [-0.2, -0.15) is 0 Å². The Kier molecular flexibility index (Phi) is 4.01. The van der Waals surface area contributed by atoms with Gasteiger partial charge >= 0.3 is 0 Å². The minimum atomic E-state index is -0.130. The van der Waals surface area contributed by atoms with E-state index >= 15 is 0 Å². The van der Waals surface area contributed by atoms with Crippen LogP contribution in [0.15, 0.2) is 16.7 Å². The van der Waals surface area contributed by atoms with Gasteiger partial charge in [0.1, 0.15) is 0 Å². The lowest BCUT2D eigenvalue weighted by molar-refractivity contribution is 0.0797. The van der Waals surface area contributed by atoms with Crippen molar-refractivity contribution in [2.75, 3.05) is 13.6 Å². The predicted molar refractivity (Wildman–Crippen MR) is 59.1 cm³/mol. The van der Waals surface area contributed by atoms with Crippen molar-refractivity contribution in [2.24, 2.45) is 0 Å². The Labute approximate surface area is 96.1 Å². The summed E-state index contributed by atoms with van der Waals surface area (Å²) in [5, 5.41) is 0.143. The molecule has 1 aromatic rings. The molecular formula is C9H11BrClNO2. The molecule has 0 N–H and O–H groups in total. The van der Waals surface area contributed by atoms with Crippen molar-refractivity contribution in [3.8, 4) is 0 Å². The molecular weight excluding hydrogens is 269 g/mol. The zero-order chi connectivity index (χ0) is 10.7. The summed E-state index contributed by atoms with van der Waals surface area (Å²) in [6.07, 6.45) is 1.40. The number of hydrogen-bond donors (Lipinski definition) is 0. The van der Waals surface area contributed by atoms with Gasteiger partial charge in [-0.25, -0.2) is 0 Å². The molecule has 3 nitrogen and oxygen atoms in total. The SMILES string of the molecule is CC(Br)CN(C)C(=O)c1ccoc1Cl. The highest BCUT2D eigenvalue weighted by molar-refractivity contribution is 9.09. The Balaban J connectivity index is 2.71. The normalized spacial score (nSPS) is 12.6. The molecule has 0 fully saturated rings. The van der Waals surface area contributed by atoms with E-state index in [0.29, 0.717) is 12.1 Å². The van der Waals surface area contributed by atoms with E-state index in [4.69, 9.17) is 16.0 Å². The van der Waals surface area contributed by atoms with E-state index in [0.717, 1.165) is 0 Å². The molecule has 0 aliphatic carbocycles. The maximum Gasteiger partial charge on any atom is 0.258 e. The van der Waals surface area contributed by atoms with E-state index in [2.05, 4.69) is 15.9 Å². The van der Waals surface area contributed by atoms with Crippen LogP contribution in [0.2, 0.25) is 5.22 Å². The minimum Gasteiger partial charge on any atom is -0.452 e. The van der Waals surface area contributed by atoms with Crippen LogP contribution in [-0.4, -0.2) is 29.2 Å². The van der Waals surface area contributed by atoms with E-state index in [1.165, 1.54) is 6.26 Å². The van der Waals surface area contributed by atoms with Crippen molar-refractivity contribution in [1.29, 1.82) is 0 Å². The molecule has 0 radical (unpaired) electrons. The summed E-state index contributed by atoms with van der Waals surface area (Å²) >= 11 is 9.06. The van der Waals surface area contributed by atoms with Crippen molar-refractivity contribution in [3.05, 3.63) is 23.1 Å². The molecule has 0 aromatic carbocycles. The van der Waals surface area contributed by atoms with E-state index in [9.17, 15) is 4.79 Å². The number of alkyl halides is 1. The molecule has 1 rings (SSSR count). The summed E-state index contributed by atoms with van der Waals surface area (Å²) in [7, 11) is 1.73. The molecule has 0 bridgehead atoms. The third kappa shape index (κ3) is 2.75. The Morgan fingerprint density at radius 1 is 1.79 bits per heavy atom. The van der Waals surface area contributed by atoms with E-state index in [-0.39, 0.29) is 16.0 Å².